The number of nitrogens with zero attached hydrogens (tertiary/aromatic N) is 1. The van der Waals surface area contributed by atoms with Gasteiger partial charge in [0.2, 0.25) is 0 Å². The fourth-order valence-corrected chi connectivity index (χ4v) is 3.41. The first kappa shape index (κ1) is 17.0. The van der Waals surface area contributed by atoms with Gasteiger partial charge in [0.15, 0.2) is 6.10 Å². The van der Waals surface area contributed by atoms with E-state index in [1.807, 2.05) is 6.92 Å². The van der Waals surface area contributed by atoms with E-state index in [4.69, 9.17) is 10.00 Å². The minimum atomic E-state index is -0.633. The van der Waals surface area contributed by atoms with Crippen LogP contribution in [0, 0.1) is 25.2 Å². The first-order valence-electron chi connectivity index (χ1n) is 7.45. The minimum absolute atomic E-state index is 0.0658. The van der Waals surface area contributed by atoms with Crippen LogP contribution < -0.4 is 10.1 Å². The Morgan fingerprint density at radius 2 is 2.04 bits per heavy atom. The Kier molecular flexibility index (Phi) is 5.41. The lowest BCUT2D eigenvalue weighted by Crippen LogP contribution is -2.37. The minimum Gasteiger partial charge on any atom is -0.481 e. The molecule has 2 unspecified atom stereocenters. The van der Waals surface area contributed by atoms with E-state index in [1.54, 1.807) is 42.5 Å². The summed E-state index contributed by atoms with van der Waals surface area (Å²) < 4.78 is 5.63. The number of nitriles is 1. The van der Waals surface area contributed by atoms with Crippen LogP contribution in [0.4, 0.5) is 0 Å². The predicted octanol–water partition coefficient (Wildman–Crippen LogP) is 3.88. The van der Waals surface area contributed by atoms with Crippen LogP contribution in [0.15, 0.2) is 30.3 Å². The topological polar surface area (TPSA) is 62.1 Å². The average molecular weight is 328 g/mol. The zero-order valence-corrected chi connectivity index (χ0v) is 14.5. The van der Waals surface area contributed by atoms with Crippen molar-refractivity contribution in [2.24, 2.45) is 0 Å². The molecule has 0 fully saturated rings. The zero-order valence-electron chi connectivity index (χ0n) is 13.7. The summed E-state index contributed by atoms with van der Waals surface area (Å²) in [7, 11) is 0. The van der Waals surface area contributed by atoms with E-state index < -0.39 is 6.10 Å². The highest BCUT2D eigenvalue weighted by atomic mass is 32.1. The van der Waals surface area contributed by atoms with Gasteiger partial charge in [0, 0.05) is 9.75 Å². The Bertz CT molecular complexity index is 746. The number of hydrogen-bond acceptors (Lipinski definition) is 4. The van der Waals surface area contributed by atoms with Crippen molar-refractivity contribution >= 4 is 17.2 Å². The van der Waals surface area contributed by atoms with Crippen molar-refractivity contribution in [1.29, 1.82) is 5.26 Å². The van der Waals surface area contributed by atoms with Gasteiger partial charge in [-0.25, -0.2) is 0 Å². The number of rotatable bonds is 5. The molecule has 23 heavy (non-hydrogen) atoms. The second-order valence-corrected chi connectivity index (χ2v) is 6.96. The molecule has 2 atom stereocenters. The van der Waals surface area contributed by atoms with Crippen LogP contribution in [0.2, 0.25) is 0 Å². The quantitative estimate of drug-likeness (QED) is 0.906. The first-order valence-corrected chi connectivity index (χ1v) is 8.26. The van der Waals surface area contributed by atoms with Crippen molar-refractivity contribution in [3.8, 4) is 11.8 Å². The zero-order chi connectivity index (χ0) is 17.0. The lowest BCUT2D eigenvalue weighted by atomic mass is 10.1. The first-order chi connectivity index (χ1) is 10.9. The highest BCUT2D eigenvalue weighted by Gasteiger charge is 2.19. The van der Waals surface area contributed by atoms with Gasteiger partial charge in [-0.05, 0) is 57.5 Å². The number of nitrogens with one attached hydrogen (secondary N) is 1. The maximum atomic E-state index is 12.3. The maximum Gasteiger partial charge on any atom is 0.261 e. The van der Waals surface area contributed by atoms with E-state index in [0.29, 0.717) is 11.3 Å². The van der Waals surface area contributed by atoms with Crippen molar-refractivity contribution < 1.29 is 9.53 Å². The van der Waals surface area contributed by atoms with E-state index in [1.165, 1.54) is 9.75 Å². The molecule has 0 saturated carbocycles. The van der Waals surface area contributed by atoms with Crippen molar-refractivity contribution in [2.45, 2.75) is 39.8 Å². The predicted molar refractivity (Wildman–Crippen MR) is 91.6 cm³/mol. The highest BCUT2D eigenvalue weighted by Crippen LogP contribution is 2.26. The number of thiophene rings is 1. The summed E-state index contributed by atoms with van der Waals surface area (Å²) in [5, 5.41) is 11.9. The number of ether oxygens (including phenoxy) is 1. The van der Waals surface area contributed by atoms with Crippen LogP contribution in [-0.2, 0) is 4.79 Å². The molecular formula is C18H20N2O2S. The van der Waals surface area contributed by atoms with Crippen molar-refractivity contribution in [2.75, 3.05) is 0 Å². The third-order valence-electron chi connectivity index (χ3n) is 3.55. The lowest BCUT2D eigenvalue weighted by molar-refractivity contribution is -0.127. The summed E-state index contributed by atoms with van der Waals surface area (Å²) in [6.45, 7) is 7.79. The molecule has 1 aromatic heterocycles. The molecule has 5 heteroatoms. The summed E-state index contributed by atoms with van der Waals surface area (Å²) >= 11 is 1.73. The van der Waals surface area contributed by atoms with Crippen LogP contribution in [0.5, 0.6) is 5.75 Å². The second kappa shape index (κ2) is 7.30. The summed E-state index contributed by atoms with van der Waals surface area (Å²) in [6.07, 6.45) is -0.633. The van der Waals surface area contributed by atoms with Gasteiger partial charge in [-0.1, -0.05) is 6.07 Å². The molecule has 0 bridgehead atoms. The van der Waals surface area contributed by atoms with Gasteiger partial charge in [-0.15, -0.1) is 11.3 Å². The van der Waals surface area contributed by atoms with Crippen molar-refractivity contribution in [3.05, 3.63) is 51.2 Å². The molecule has 1 aromatic carbocycles. The molecule has 0 aliphatic rings. The van der Waals surface area contributed by atoms with Gasteiger partial charge < -0.3 is 10.1 Å². The van der Waals surface area contributed by atoms with E-state index in [0.717, 1.165) is 5.56 Å². The lowest BCUT2D eigenvalue weighted by Gasteiger charge is -2.19. The Hall–Kier alpha value is -2.32. The molecule has 120 valence electrons. The Morgan fingerprint density at radius 1 is 1.30 bits per heavy atom. The molecule has 0 aliphatic carbocycles. The standard InChI is InChI=1S/C18H20N2O2S/c1-11-8-17(14(4)23-11)12(2)20-18(21)13(3)22-16-7-5-6-15(9-16)10-19/h5-9,12-13H,1-4H3,(H,20,21). The third-order valence-corrected chi connectivity index (χ3v) is 4.53. The average Bonchev–Trinajstić information content (AvgIpc) is 2.86. The largest absolute Gasteiger partial charge is 0.481 e. The van der Waals surface area contributed by atoms with E-state index >= 15 is 0 Å². The van der Waals surface area contributed by atoms with E-state index in [2.05, 4.69) is 31.3 Å². The maximum absolute atomic E-state index is 12.3. The van der Waals surface area contributed by atoms with Gasteiger partial charge in [0.1, 0.15) is 5.75 Å². The van der Waals surface area contributed by atoms with Gasteiger partial charge in [-0.3, -0.25) is 4.79 Å². The van der Waals surface area contributed by atoms with Gasteiger partial charge in [0.05, 0.1) is 17.7 Å². The second-order valence-electron chi connectivity index (χ2n) is 5.50. The van der Waals surface area contributed by atoms with E-state index in [-0.39, 0.29) is 11.9 Å². The number of carbonyl (C=O) groups excluding carboxylic acids is 1. The Labute approximate surface area is 140 Å². The number of hydrogen-bond donors (Lipinski definition) is 1. The molecule has 2 rings (SSSR count). The van der Waals surface area contributed by atoms with Crippen LogP contribution >= 0.6 is 11.3 Å². The molecule has 4 nitrogen and oxygen atoms in total. The fourth-order valence-electron chi connectivity index (χ4n) is 2.39. The highest BCUT2D eigenvalue weighted by molar-refractivity contribution is 7.12. The number of benzene rings is 1. The van der Waals surface area contributed by atoms with Gasteiger partial charge >= 0.3 is 0 Å². The number of carbonyl (C=O) groups is 1. The number of amides is 1. The molecule has 1 amide bonds. The Morgan fingerprint density at radius 3 is 2.65 bits per heavy atom. The molecule has 0 saturated heterocycles. The molecule has 0 spiro atoms. The summed E-state index contributed by atoms with van der Waals surface area (Å²) in [5.74, 6) is 0.338. The molecular weight excluding hydrogens is 308 g/mol. The smallest absolute Gasteiger partial charge is 0.261 e. The van der Waals surface area contributed by atoms with Crippen LogP contribution in [0.25, 0.3) is 0 Å². The van der Waals surface area contributed by atoms with Crippen molar-refractivity contribution in [3.63, 3.8) is 0 Å². The molecule has 0 aliphatic heterocycles. The van der Waals surface area contributed by atoms with Crippen molar-refractivity contribution in [1.82, 2.24) is 5.32 Å². The van der Waals surface area contributed by atoms with Gasteiger partial charge in [-0.2, -0.15) is 5.26 Å². The van der Waals surface area contributed by atoms with E-state index in [9.17, 15) is 4.79 Å². The summed E-state index contributed by atoms with van der Waals surface area (Å²) in [5.41, 5.74) is 1.65. The molecule has 0 radical (unpaired) electrons. The SMILES string of the molecule is Cc1cc(C(C)NC(=O)C(C)Oc2cccc(C#N)c2)c(C)s1. The summed E-state index contributed by atoms with van der Waals surface area (Å²) in [6, 6.07) is 10.9. The van der Waals surface area contributed by atoms with Gasteiger partial charge in [0.25, 0.3) is 5.91 Å². The Balaban J connectivity index is 1.99. The summed E-state index contributed by atoms with van der Waals surface area (Å²) in [4.78, 5) is 14.8. The molecule has 1 heterocycles. The fraction of sp³-hybridized carbons (Fsp3) is 0.333. The molecule has 1 N–H and O–H groups in total. The third kappa shape index (κ3) is 4.33. The molecule has 2 aromatic rings. The van der Waals surface area contributed by atoms with Crippen LogP contribution in [0.3, 0.4) is 0 Å². The van der Waals surface area contributed by atoms with Crippen LogP contribution in [0.1, 0.15) is 40.8 Å². The number of aryl methyl sites for hydroxylation is 2. The normalized spacial score (nSPS) is 13.0. The monoisotopic (exact) mass is 328 g/mol. The van der Waals surface area contributed by atoms with Crippen LogP contribution in [-0.4, -0.2) is 12.0 Å².